The standard InChI is InChI=1S/C25H21ClN2O2S/c1-16-22(24(29)17-8-3-2-4-9-17)23(28-25(31)27-16)18-11-7-12-20(14-18)30-15-19-10-5-6-13-21(19)26/h2-14,23H,15H2,1H3,(H2,27,28,31). The van der Waals surface area contributed by atoms with Gasteiger partial charge in [0.2, 0.25) is 0 Å². The van der Waals surface area contributed by atoms with Gasteiger partial charge in [-0.05, 0) is 42.9 Å². The number of ether oxygens (including phenoxy) is 1. The number of carbonyl (C=O) groups excluding carboxylic acids is 1. The SMILES string of the molecule is CC1=C(C(=O)c2ccccc2)C(c2cccc(OCc3ccccc3Cl)c2)NC(=S)N1. The zero-order valence-electron chi connectivity index (χ0n) is 16.9. The summed E-state index contributed by atoms with van der Waals surface area (Å²) in [7, 11) is 0. The number of allylic oxidation sites excluding steroid dienone is 1. The highest BCUT2D eigenvalue weighted by Gasteiger charge is 2.30. The molecular weight excluding hydrogens is 428 g/mol. The maximum Gasteiger partial charge on any atom is 0.193 e. The van der Waals surface area contributed by atoms with Crippen molar-refractivity contribution in [3.8, 4) is 5.75 Å². The molecule has 0 spiro atoms. The molecule has 0 aromatic heterocycles. The van der Waals surface area contributed by atoms with Gasteiger partial charge in [-0.2, -0.15) is 0 Å². The van der Waals surface area contributed by atoms with E-state index in [0.29, 0.717) is 33.6 Å². The van der Waals surface area contributed by atoms with E-state index < -0.39 is 0 Å². The Morgan fingerprint density at radius 2 is 1.77 bits per heavy atom. The number of benzene rings is 3. The molecule has 0 saturated heterocycles. The molecule has 3 aromatic rings. The van der Waals surface area contributed by atoms with Crippen LogP contribution >= 0.6 is 23.8 Å². The fourth-order valence-electron chi connectivity index (χ4n) is 3.55. The van der Waals surface area contributed by atoms with Crippen molar-refractivity contribution in [3.63, 3.8) is 0 Å². The van der Waals surface area contributed by atoms with Gasteiger partial charge in [0.05, 0.1) is 6.04 Å². The zero-order chi connectivity index (χ0) is 21.8. The van der Waals surface area contributed by atoms with Crippen LogP contribution in [-0.2, 0) is 6.61 Å². The van der Waals surface area contributed by atoms with Gasteiger partial charge >= 0.3 is 0 Å². The lowest BCUT2D eigenvalue weighted by Crippen LogP contribution is -2.44. The van der Waals surface area contributed by atoms with Gasteiger partial charge in [0.1, 0.15) is 12.4 Å². The molecule has 0 radical (unpaired) electrons. The summed E-state index contributed by atoms with van der Waals surface area (Å²) in [4.78, 5) is 13.3. The Morgan fingerprint density at radius 3 is 2.55 bits per heavy atom. The molecule has 31 heavy (non-hydrogen) atoms. The molecule has 1 atom stereocenters. The predicted octanol–water partition coefficient (Wildman–Crippen LogP) is 5.59. The van der Waals surface area contributed by atoms with E-state index in [-0.39, 0.29) is 11.8 Å². The number of halogens is 1. The average Bonchev–Trinajstić information content (AvgIpc) is 2.78. The molecule has 1 aliphatic rings. The van der Waals surface area contributed by atoms with Crippen molar-refractivity contribution in [2.24, 2.45) is 0 Å². The maximum atomic E-state index is 13.3. The molecule has 1 unspecified atom stereocenters. The predicted molar refractivity (Wildman–Crippen MR) is 127 cm³/mol. The Balaban J connectivity index is 1.63. The zero-order valence-corrected chi connectivity index (χ0v) is 18.5. The van der Waals surface area contributed by atoms with Crippen LogP contribution in [0.4, 0.5) is 0 Å². The topological polar surface area (TPSA) is 50.4 Å². The molecule has 0 saturated carbocycles. The molecule has 4 nitrogen and oxygen atoms in total. The first-order valence-corrected chi connectivity index (χ1v) is 10.7. The summed E-state index contributed by atoms with van der Waals surface area (Å²) in [5.41, 5.74) is 3.79. The van der Waals surface area contributed by atoms with Gasteiger partial charge in [0.15, 0.2) is 10.9 Å². The number of hydrogen-bond acceptors (Lipinski definition) is 3. The van der Waals surface area contributed by atoms with E-state index in [1.807, 2.05) is 85.8 Å². The molecule has 156 valence electrons. The van der Waals surface area contributed by atoms with Crippen LogP contribution in [0.25, 0.3) is 0 Å². The quantitative estimate of drug-likeness (QED) is 0.380. The van der Waals surface area contributed by atoms with Crippen molar-refractivity contribution < 1.29 is 9.53 Å². The summed E-state index contributed by atoms with van der Waals surface area (Å²) < 4.78 is 5.98. The van der Waals surface area contributed by atoms with Crippen LogP contribution in [-0.4, -0.2) is 10.9 Å². The van der Waals surface area contributed by atoms with Gasteiger partial charge in [0, 0.05) is 27.4 Å². The summed E-state index contributed by atoms with van der Waals surface area (Å²) in [5.74, 6) is 0.640. The smallest absolute Gasteiger partial charge is 0.193 e. The minimum atomic E-state index is -0.384. The molecule has 1 heterocycles. The fraction of sp³-hybridized carbons (Fsp3) is 0.120. The Kier molecular flexibility index (Phi) is 6.35. The van der Waals surface area contributed by atoms with Gasteiger partial charge in [-0.15, -0.1) is 0 Å². The first-order chi connectivity index (χ1) is 15.0. The second-order valence-electron chi connectivity index (χ2n) is 7.22. The van der Waals surface area contributed by atoms with Crippen LogP contribution in [0.2, 0.25) is 5.02 Å². The Hall–Kier alpha value is -3.15. The third-order valence-electron chi connectivity index (χ3n) is 5.09. The summed E-state index contributed by atoms with van der Waals surface area (Å²) in [6.07, 6.45) is 0. The monoisotopic (exact) mass is 448 g/mol. The van der Waals surface area contributed by atoms with E-state index in [0.717, 1.165) is 16.8 Å². The van der Waals surface area contributed by atoms with Gasteiger partial charge < -0.3 is 15.4 Å². The molecule has 0 fully saturated rings. The summed E-state index contributed by atoms with van der Waals surface area (Å²) in [6.45, 7) is 2.22. The highest BCUT2D eigenvalue weighted by molar-refractivity contribution is 7.80. The number of Topliss-reactive ketones (excluding diaryl/α,β-unsaturated/α-hetero) is 1. The number of carbonyl (C=O) groups is 1. The van der Waals surface area contributed by atoms with Crippen LogP contribution in [0.15, 0.2) is 90.1 Å². The largest absolute Gasteiger partial charge is 0.489 e. The minimum absolute atomic E-state index is 0.0482. The first kappa shape index (κ1) is 21.1. The molecule has 4 rings (SSSR count). The Morgan fingerprint density at radius 1 is 1.03 bits per heavy atom. The minimum Gasteiger partial charge on any atom is -0.489 e. The maximum absolute atomic E-state index is 13.3. The van der Waals surface area contributed by atoms with Gasteiger partial charge in [-0.25, -0.2) is 0 Å². The van der Waals surface area contributed by atoms with Crippen molar-refractivity contribution in [2.45, 2.75) is 19.6 Å². The van der Waals surface area contributed by atoms with E-state index in [9.17, 15) is 4.79 Å². The van der Waals surface area contributed by atoms with Crippen LogP contribution in [0, 0.1) is 0 Å². The number of thiocarbonyl (C=S) groups is 1. The molecule has 1 aliphatic heterocycles. The third-order valence-corrected chi connectivity index (χ3v) is 5.68. The second kappa shape index (κ2) is 9.33. The van der Waals surface area contributed by atoms with Crippen molar-refractivity contribution in [2.75, 3.05) is 0 Å². The van der Waals surface area contributed by atoms with Crippen molar-refractivity contribution in [1.29, 1.82) is 0 Å². The molecule has 0 aliphatic carbocycles. The van der Waals surface area contributed by atoms with Gasteiger partial charge in [-0.3, -0.25) is 4.79 Å². The summed E-state index contributed by atoms with van der Waals surface area (Å²) in [5, 5.41) is 7.47. The normalized spacial score (nSPS) is 15.8. The van der Waals surface area contributed by atoms with E-state index >= 15 is 0 Å². The summed E-state index contributed by atoms with van der Waals surface area (Å²) in [6, 6.07) is 24.1. The van der Waals surface area contributed by atoms with Crippen molar-refractivity contribution in [1.82, 2.24) is 10.6 Å². The molecular formula is C25H21ClN2O2S. The number of nitrogens with one attached hydrogen (secondary N) is 2. The van der Waals surface area contributed by atoms with Crippen molar-refractivity contribution in [3.05, 3.63) is 112 Å². The van der Waals surface area contributed by atoms with E-state index in [1.54, 1.807) is 0 Å². The van der Waals surface area contributed by atoms with Crippen LogP contribution in [0.3, 0.4) is 0 Å². The van der Waals surface area contributed by atoms with Crippen LogP contribution in [0.1, 0.15) is 34.5 Å². The highest BCUT2D eigenvalue weighted by Crippen LogP contribution is 2.31. The van der Waals surface area contributed by atoms with Gasteiger partial charge in [-0.1, -0.05) is 72.3 Å². The Bertz CT molecular complexity index is 1160. The van der Waals surface area contributed by atoms with Crippen molar-refractivity contribution >= 4 is 34.7 Å². The van der Waals surface area contributed by atoms with E-state index in [4.69, 9.17) is 28.6 Å². The van der Waals surface area contributed by atoms with E-state index in [1.165, 1.54) is 0 Å². The van der Waals surface area contributed by atoms with Crippen LogP contribution < -0.4 is 15.4 Å². The lowest BCUT2D eigenvalue weighted by molar-refractivity contribution is 0.102. The van der Waals surface area contributed by atoms with Crippen LogP contribution in [0.5, 0.6) is 5.75 Å². The molecule has 0 bridgehead atoms. The number of ketones is 1. The fourth-order valence-corrected chi connectivity index (χ4v) is 4.01. The lowest BCUT2D eigenvalue weighted by atomic mass is 9.89. The van der Waals surface area contributed by atoms with Gasteiger partial charge in [0.25, 0.3) is 0 Å². The number of rotatable bonds is 6. The molecule has 0 amide bonds. The Labute approximate surface area is 191 Å². The van der Waals surface area contributed by atoms with E-state index in [2.05, 4.69) is 10.6 Å². The highest BCUT2D eigenvalue weighted by atomic mass is 35.5. The second-order valence-corrected chi connectivity index (χ2v) is 8.03. The first-order valence-electron chi connectivity index (χ1n) is 9.87. The number of hydrogen-bond donors (Lipinski definition) is 2. The molecule has 2 N–H and O–H groups in total. The molecule has 6 heteroatoms. The molecule has 3 aromatic carbocycles. The third kappa shape index (κ3) is 4.79. The summed E-state index contributed by atoms with van der Waals surface area (Å²) >= 11 is 11.6. The average molecular weight is 449 g/mol. The lowest BCUT2D eigenvalue weighted by Gasteiger charge is -2.30.